The number of carbonyl (C=O) groups is 1. The van der Waals surface area contributed by atoms with Gasteiger partial charge in [-0.05, 0) is 59.9 Å². The maximum Gasteiger partial charge on any atom is 0.309 e. The topological polar surface area (TPSA) is 148 Å². The number of hydrogen-bond donors (Lipinski definition) is 2. The number of halogens is 1. The number of nitrogens with zero attached hydrogens (tertiary/aromatic N) is 4. The predicted molar refractivity (Wildman–Crippen MR) is 150 cm³/mol. The number of fused-ring (bicyclic) bond motifs is 1. The van der Waals surface area contributed by atoms with Crippen molar-refractivity contribution < 1.29 is 26.9 Å². The first-order valence-corrected chi connectivity index (χ1v) is 14.3. The second-order valence-electron chi connectivity index (χ2n) is 9.20. The lowest BCUT2D eigenvalue weighted by molar-refractivity contribution is -0.134. The van der Waals surface area contributed by atoms with Crippen molar-refractivity contribution in [2.75, 3.05) is 18.8 Å². The first kappa shape index (κ1) is 28.7. The molecule has 0 radical (unpaired) electrons. The second-order valence-corrected chi connectivity index (χ2v) is 10.9. The lowest BCUT2D eigenvalue weighted by Crippen LogP contribution is -2.46. The average Bonchev–Trinajstić information content (AvgIpc) is 3.22. The van der Waals surface area contributed by atoms with Crippen LogP contribution < -0.4 is 9.92 Å². The fourth-order valence-corrected chi connectivity index (χ4v) is 5.66. The lowest BCUT2D eigenvalue weighted by atomic mass is 9.81. The van der Waals surface area contributed by atoms with Crippen LogP contribution in [0.1, 0.15) is 37.8 Å². The van der Waals surface area contributed by atoms with Crippen LogP contribution in [0.2, 0.25) is 0 Å². The second kappa shape index (κ2) is 11.8. The van der Waals surface area contributed by atoms with Crippen molar-refractivity contribution in [2.45, 2.75) is 32.2 Å². The molecule has 40 heavy (non-hydrogen) atoms. The summed E-state index contributed by atoms with van der Waals surface area (Å²) in [6, 6.07) is 17.5. The minimum absolute atomic E-state index is 0.0665. The van der Waals surface area contributed by atoms with Crippen molar-refractivity contribution in [3.05, 3.63) is 83.9 Å². The molecule has 1 unspecified atom stereocenters. The molecule has 0 saturated heterocycles. The third-order valence-electron chi connectivity index (χ3n) is 6.24. The number of guanidine groups is 1. The summed E-state index contributed by atoms with van der Waals surface area (Å²) in [4.78, 5) is 24.4. The molecule has 5 rings (SSSR count). The summed E-state index contributed by atoms with van der Waals surface area (Å²) in [6.07, 6.45) is 2.71. The highest BCUT2D eigenvalue weighted by Gasteiger charge is 2.49. The van der Waals surface area contributed by atoms with E-state index in [1.54, 1.807) is 43.3 Å². The Hall–Kier alpha value is -4.32. The Kier molecular flexibility index (Phi) is 8.48. The van der Waals surface area contributed by atoms with E-state index in [0.717, 1.165) is 24.5 Å². The van der Waals surface area contributed by atoms with Gasteiger partial charge < -0.3 is 15.0 Å². The van der Waals surface area contributed by atoms with E-state index >= 15 is 0 Å². The van der Waals surface area contributed by atoms with Gasteiger partial charge in [0, 0.05) is 31.8 Å². The van der Waals surface area contributed by atoms with Crippen LogP contribution in [0.3, 0.4) is 0 Å². The van der Waals surface area contributed by atoms with Crippen molar-refractivity contribution >= 4 is 27.9 Å². The molecule has 2 aliphatic rings. The van der Waals surface area contributed by atoms with Crippen LogP contribution in [-0.4, -0.2) is 60.0 Å². The fourth-order valence-electron chi connectivity index (χ4n) is 4.68. The molecule has 3 N–H and O–H groups in total. The molecule has 0 aliphatic carbocycles. The number of amidine groups is 1. The van der Waals surface area contributed by atoms with E-state index in [1.165, 1.54) is 6.20 Å². The number of pyridine rings is 1. The molecule has 0 amide bonds. The lowest BCUT2D eigenvalue weighted by Gasteiger charge is -2.33. The first-order chi connectivity index (χ1) is 19.1. The van der Waals surface area contributed by atoms with Gasteiger partial charge >= 0.3 is 10.1 Å². The zero-order valence-corrected chi connectivity index (χ0v) is 22.9. The molecule has 1 atom stereocenters. The number of nitrogens with two attached hydrogens (primary N) is 1. The summed E-state index contributed by atoms with van der Waals surface area (Å²) in [5, 5.41) is 7.42. The summed E-state index contributed by atoms with van der Waals surface area (Å²) >= 11 is 0. The van der Waals surface area contributed by atoms with Gasteiger partial charge in [0.1, 0.15) is 11.6 Å². The minimum Gasteiger partial charge on any atom is -0.481 e. The van der Waals surface area contributed by atoms with E-state index in [2.05, 4.69) is 4.98 Å². The van der Waals surface area contributed by atoms with Crippen LogP contribution in [0.4, 0.5) is 4.39 Å². The van der Waals surface area contributed by atoms with Gasteiger partial charge in [-0.25, -0.2) is 9.98 Å². The molecule has 0 spiro atoms. The highest BCUT2D eigenvalue weighted by molar-refractivity contribution is 7.87. The van der Waals surface area contributed by atoms with Gasteiger partial charge in [-0.2, -0.15) is 12.8 Å². The molecule has 0 saturated carbocycles. The Morgan fingerprint density at radius 1 is 1.15 bits per heavy atom. The van der Waals surface area contributed by atoms with E-state index in [-0.39, 0.29) is 11.5 Å². The van der Waals surface area contributed by atoms with E-state index < -0.39 is 27.6 Å². The third-order valence-corrected chi connectivity index (χ3v) is 7.59. The molecule has 3 heterocycles. The SMILES string of the molecule is CC(=O)O.CCCS(=O)(=O)Oc1ccc(C2(c3cccc(-c4cccnc4F)c3)N=C(N)N3CCCN=C32)cc1. The minimum atomic E-state index is -3.67. The van der Waals surface area contributed by atoms with Gasteiger partial charge in [0.2, 0.25) is 5.95 Å². The van der Waals surface area contributed by atoms with Crippen molar-refractivity contribution in [1.82, 2.24) is 9.88 Å². The summed E-state index contributed by atoms with van der Waals surface area (Å²) in [5.74, 6) is -0.224. The zero-order chi connectivity index (χ0) is 28.9. The summed E-state index contributed by atoms with van der Waals surface area (Å²) in [6.45, 7) is 4.17. The molecular weight excluding hydrogens is 537 g/mol. The van der Waals surface area contributed by atoms with Crippen LogP contribution in [0.25, 0.3) is 11.1 Å². The molecule has 0 bridgehead atoms. The highest BCUT2D eigenvalue weighted by atomic mass is 32.2. The first-order valence-electron chi connectivity index (χ1n) is 12.7. The third kappa shape index (κ3) is 5.96. The standard InChI is InChI=1S/C26H26FN5O3S.C2H4O2/c1-2-16-36(33,34)35-21-11-9-19(10-12-21)26(24-30-14-5-15-32(24)25(28)31-26)20-7-3-6-18(17-20)22-8-4-13-29-23(22)27;1-2(3)4/h3-4,6-13,17H,2,5,14-16H2,1H3,(H2,28,31);1H3,(H,3,4). The van der Waals surface area contributed by atoms with Crippen molar-refractivity contribution in [3.8, 4) is 16.9 Å². The summed E-state index contributed by atoms with van der Waals surface area (Å²) < 4.78 is 44.0. The molecule has 12 heteroatoms. The van der Waals surface area contributed by atoms with Gasteiger partial charge in [-0.15, -0.1) is 0 Å². The van der Waals surface area contributed by atoms with E-state index in [9.17, 15) is 12.8 Å². The smallest absolute Gasteiger partial charge is 0.309 e. The normalized spacial score (nSPS) is 18.1. The van der Waals surface area contributed by atoms with E-state index in [4.69, 9.17) is 29.8 Å². The average molecular weight is 568 g/mol. The van der Waals surface area contributed by atoms with Crippen LogP contribution in [0, 0.1) is 5.95 Å². The predicted octanol–water partition coefficient (Wildman–Crippen LogP) is 3.77. The van der Waals surface area contributed by atoms with Crippen LogP contribution in [-0.2, 0) is 20.5 Å². The Bertz CT molecular complexity index is 1560. The molecular formula is C28H30FN5O5S. The quantitative estimate of drug-likeness (QED) is 0.324. The monoisotopic (exact) mass is 567 g/mol. The Morgan fingerprint density at radius 2 is 1.88 bits per heavy atom. The summed E-state index contributed by atoms with van der Waals surface area (Å²) in [7, 11) is -3.67. The maximum atomic E-state index is 14.5. The number of rotatable bonds is 7. The fraction of sp³-hybridized carbons (Fsp3) is 0.286. The summed E-state index contributed by atoms with van der Waals surface area (Å²) in [5.41, 5.74) is 7.80. The molecule has 0 fully saturated rings. The molecule has 210 valence electrons. The van der Waals surface area contributed by atoms with Crippen LogP contribution >= 0.6 is 0 Å². The Morgan fingerprint density at radius 3 is 2.55 bits per heavy atom. The molecule has 2 aliphatic heterocycles. The highest BCUT2D eigenvalue weighted by Crippen LogP contribution is 2.43. The van der Waals surface area contributed by atoms with Gasteiger partial charge in [-0.3, -0.25) is 14.7 Å². The van der Waals surface area contributed by atoms with Gasteiger partial charge in [0.15, 0.2) is 11.5 Å². The largest absolute Gasteiger partial charge is 0.481 e. The van der Waals surface area contributed by atoms with Crippen LogP contribution in [0.5, 0.6) is 5.75 Å². The number of benzene rings is 2. The van der Waals surface area contributed by atoms with E-state index in [0.29, 0.717) is 42.4 Å². The molecule has 2 aromatic carbocycles. The molecule has 3 aromatic rings. The number of hydrogen-bond acceptors (Lipinski definition) is 9. The van der Waals surface area contributed by atoms with Crippen molar-refractivity contribution in [2.24, 2.45) is 15.7 Å². The zero-order valence-electron chi connectivity index (χ0n) is 22.1. The number of carboxylic acids is 1. The number of aliphatic carboxylic acids is 1. The van der Waals surface area contributed by atoms with Crippen molar-refractivity contribution in [3.63, 3.8) is 0 Å². The van der Waals surface area contributed by atoms with Crippen molar-refractivity contribution in [1.29, 1.82) is 0 Å². The number of aliphatic imine (C=N–C) groups is 2. The van der Waals surface area contributed by atoms with Gasteiger partial charge in [0.05, 0.1) is 5.75 Å². The maximum absolute atomic E-state index is 14.5. The number of aromatic nitrogens is 1. The Balaban J connectivity index is 0.000000867. The molecule has 10 nitrogen and oxygen atoms in total. The van der Waals surface area contributed by atoms with Crippen LogP contribution in [0.15, 0.2) is 76.8 Å². The molecule has 1 aromatic heterocycles. The number of carboxylic acid groups (broad SMARTS) is 1. The van der Waals surface area contributed by atoms with E-state index in [1.807, 2.05) is 29.2 Å². The Labute approximate surface area is 232 Å². The van der Waals surface area contributed by atoms with Gasteiger partial charge in [0.25, 0.3) is 5.97 Å². The van der Waals surface area contributed by atoms with Gasteiger partial charge in [-0.1, -0.05) is 37.3 Å².